The van der Waals surface area contributed by atoms with Gasteiger partial charge in [0.1, 0.15) is 0 Å². The molecule has 0 unspecified atom stereocenters. The van der Waals surface area contributed by atoms with Gasteiger partial charge in [-0.15, -0.1) is 0 Å². The van der Waals surface area contributed by atoms with Crippen molar-refractivity contribution in [2.75, 3.05) is 0 Å². The Morgan fingerprint density at radius 1 is 0.812 bits per heavy atom. The number of nitrogens with zero attached hydrogens (tertiary/aromatic N) is 2. The van der Waals surface area contributed by atoms with E-state index >= 15 is 0 Å². The molecule has 0 aliphatic carbocycles. The number of rotatable bonds is 1. The van der Waals surface area contributed by atoms with Crippen molar-refractivity contribution in [2.24, 2.45) is 0 Å². The summed E-state index contributed by atoms with van der Waals surface area (Å²) >= 11 is 0. The highest BCUT2D eigenvalue weighted by atomic mass is 15.5. The molecule has 0 atom stereocenters. The predicted molar refractivity (Wildman–Crippen MR) is 66.6 cm³/mol. The van der Waals surface area contributed by atoms with E-state index in [2.05, 4.69) is 71.9 Å². The minimum atomic E-state index is 1.24. The van der Waals surface area contributed by atoms with Gasteiger partial charge in [-0.2, -0.15) is 0 Å². The van der Waals surface area contributed by atoms with Crippen LogP contribution in [0.25, 0.3) is 10.9 Å². The molecule has 0 N–H and O–H groups in total. The lowest BCUT2D eigenvalue weighted by Crippen LogP contribution is -2.10. The number of hydrogen-bond acceptors (Lipinski definition) is 0. The highest BCUT2D eigenvalue weighted by molar-refractivity contribution is 5.79. The van der Waals surface area contributed by atoms with E-state index in [4.69, 9.17) is 0 Å². The van der Waals surface area contributed by atoms with Gasteiger partial charge in [0.2, 0.25) is 0 Å². The molecule has 1 aromatic carbocycles. The summed E-state index contributed by atoms with van der Waals surface area (Å²) in [5.74, 6) is 0. The van der Waals surface area contributed by atoms with Crippen LogP contribution >= 0.6 is 0 Å². The van der Waals surface area contributed by atoms with Crippen molar-refractivity contribution in [3.8, 4) is 0 Å². The van der Waals surface area contributed by atoms with Crippen molar-refractivity contribution in [2.45, 2.75) is 13.8 Å². The van der Waals surface area contributed by atoms with Gasteiger partial charge in [0.05, 0.1) is 5.52 Å². The maximum atomic E-state index is 2.22. The molecular weight excluding hydrogens is 196 g/mol. The minimum absolute atomic E-state index is 1.24. The smallest absolute Gasteiger partial charge is 0.0702 e. The molecule has 0 spiro atoms. The van der Waals surface area contributed by atoms with E-state index in [0.717, 1.165) is 0 Å². The highest BCUT2D eigenvalue weighted by Crippen LogP contribution is 2.18. The third kappa shape index (κ3) is 1.20. The van der Waals surface area contributed by atoms with E-state index in [1.54, 1.807) is 0 Å². The maximum Gasteiger partial charge on any atom is 0.0702 e. The molecule has 0 fully saturated rings. The molecule has 3 rings (SSSR count). The number of aromatic nitrogens is 2. The van der Waals surface area contributed by atoms with E-state index in [1.807, 2.05) is 0 Å². The van der Waals surface area contributed by atoms with Gasteiger partial charge < -0.3 is 0 Å². The lowest BCUT2D eigenvalue weighted by Gasteiger charge is -2.12. The first-order chi connectivity index (χ1) is 7.77. The molecule has 16 heavy (non-hydrogen) atoms. The molecule has 0 saturated carbocycles. The number of benzene rings is 1. The summed E-state index contributed by atoms with van der Waals surface area (Å²) in [6, 6.07) is 14.9. The minimum Gasteiger partial charge on any atom is -0.258 e. The lowest BCUT2D eigenvalue weighted by molar-refractivity contribution is 0.650. The van der Waals surface area contributed by atoms with Crippen molar-refractivity contribution >= 4 is 10.9 Å². The van der Waals surface area contributed by atoms with Crippen LogP contribution in [0.4, 0.5) is 0 Å². The predicted octanol–water partition coefficient (Wildman–Crippen LogP) is 3.37. The van der Waals surface area contributed by atoms with Gasteiger partial charge in [0, 0.05) is 23.0 Å². The average molecular weight is 210 g/mol. The lowest BCUT2D eigenvalue weighted by atomic mass is 10.3. The van der Waals surface area contributed by atoms with Crippen molar-refractivity contribution in [1.29, 1.82) is 0 Å². The van der Waals surface area contributed by atoms with Gasteiger partial charge in [-0.25, -0.2) is 0 Å². The van der Waals surface area contributed by atoms with Crippen LogP contribution in [0.3, 0.4) is 0 Å². The number of hydrogen-bond donors (Lipinski definition) is 0. The summed E-state index contributed by atoms with van der Waals surface area (Å²) in [5, 5.41) is 1.27. The SMILES string of the molecule is Cc1ccc(C)n1-n1ccc2ccccc21. The Morgan fingerprint density at radius 3 is 2.25 bits per heavy atom. The second kappa shape index (κ2) is 3.27. The molecule has 0 saturated heterocycles. The fourth-order valence-electron chi connectivity index (χ4n) is 2.24. The molecular formula is C14H14N2. The standard InChI is InChI=1S/C14H14N2/c1-11-7-8-12(2)16(11)15-10-9-13-5-3-4-6-14(13)15/h3-10H,1-2H3. The van der Waals surface area contributed by atoms with Gasteiger partial charge in [0.25, 0.3) is 0 Å². The van der Waals surface area contributed by atoms with Gasteiger partial charge in [-0.3, -0.25) is 9.35 Å². The third-order valence-electron chi connectivity index (χ3n) is 3.03. The fraction of sp³-hybridized carbons (Fsp3) is 0.143. The molecule has 2 aromatic heterocycles. The molecule has 2 nitrogen and oxygen atoms in total. The molecule has 80 valence electrons. The topological polar surface area (TPSA) is 9.86 Å². The zero-order valence-electron chi connectivity index (χ0n) is 9.51. The van der Waals surface area contributed by atoms with Gasteiger partial charge in [-0.05, 0) is 38.1 Å². The summed E-state index contributed by atoms with van der Waals surface area (Å²) in [7, 11) is 0. The summed E-state index contributed by atoms with van der Waals surface area (Å²) in [6.07, 6.45) is 2.12. The zero-order chi connectivity index (χ0) is 11.1. The van der Waals surface area contributed by atoms with Crippen LogP contribution in [-0.4, -0.2) is 9.35 Å². The number of para-hydroxylation sites is 1. The largest absolute Gasteiger partial charge is 0.258 e. The maximum absolute atomic E-state index is 2.22. The van der Waals surface area contributed by atoms with Crippen molar-refractivity contribution in [3.05, 3.63) is 60.0 Å². The van der Waals surface area contributed by atoms with Crippen LogP contribution in [0.2, 0.25) is 0 Å². The van der Waals surface area contributed by atoms with Crippen molar-refractivity contribution in [1.82, 2.24) is 9.35 Å². The summed E-state index contributed by atoms with van der Waals surface area (Å²) in [5.41, 5.74) is 3.74. The van der Waals surface area contributed by atoms with E-state index in [-0.39, 0.29) is 0 Å². The van der Waals surface area contributed by atoms with Crippen LogP contribution in [0.1, 0.15) is 11.4 Å². The van der Waals surface area contributed by atoms with E-state index in [0.29, 0.717) is 0 Å². The first kappa shape index (κ1) is 9.28. The fourth-order valence-corrected chi connectivity index (χ4v) is 2.24. The number of aryl methyl sites for hydroxylation is 2. The average Bonchev–Trinajstić information content (AvgIpc) is 2.83. The second-order valence-electron chi connectivity index (χ2n) is 4.15. The zero-order valence-corrected chi connectivity index (χ0v) is 9.51. The Hall–Kier alpha value is -1.96. The van der Waals surface area contributed by atoms with Crippen LogP contribution in [-0.2, 0) is 0 Å². The van der Waals surface area contributed by atoms with E-state index in [9.17, 15) is 0 Å². The first-order valence-electron chi connectivity index (χ1n) is 5.49. The molecule has 0 aliphatic rings. The van der Waals surface area contributed by atoms with Gasteiger partial charge >= 0.3 is 0 Å². The Bertz CT molecular complexity index is 624. The number of fused-ring (bicyclic) bond motifs is 1. The summed E-state index contributed by atoms with van der Waals surface area (Å²) < 4.78 is 4.42. The third-order valence-corrected chi connectivity index (χ3v) is 3.03. The van der Waals surface area contributed by atoms with Crippen LogP contribution < -0.4 is 0 Å². The Labute approximate surface area is 94.7 Å². The molecule has 2 heterocycles. The highest BCUT2D eigenvalue weighted by Gasteiger charge is 2.05. The summed E-state index contributed by atoms with van der Waals surface area (Å²) in [4.78, 5) is 0. The Balaban J connectivity index is 2.35. The second-order valence-corrected chi connectivity index (χ2v) is 4.15. The van der Waals surface area contributed by atoms with E-state index in [1.165, 1.54) is 22.3 Å². The molecule has 2 heteroatoms. The monoisotopic (exact) mass is 210 g/mol. The molecule has 0 aliphatic heterocycles. The Morgan fingerprint density at radius 2 is 1.50 bits per heavy atom. The van der Waals surface area contributed by atoms with E-state index < -0.39 is 0 Å². The van der Waals surface area contributed by atoms with Crippen LogP contribution in [0.5, 0.6) is 0 Å². The summed E-state index contributed by atoms with van der Waals surface area (Å²) in [6.45, 7) is 4.25. The van der Waals surface area contributed by atoms with Crippen molar-refractivity contribution in [3.63, 3.8) is 0 Å². The quantitative estimate of drug-likeness (QED) is 0.582. The normalized spacial score (nSPS) is 11.1. The first-order valence-corrected chi connectivity index (χ1v) is 5.49. The molecule has 0 amide bonds. The van der Waals surface area contributed by atoms with Crippen molar-refractivity contribution < 1.29 is 0 Å². The molecule has 3 aromatic rings. The van der Waals surface area contributed by atoms with Crippen LogP contribution in [0.15, 0.2) is 48.7 Å². The van der Waals surface area contributed by atoms with Crippen LogP contribution in [0, 0.1) is 13.8 Å². The molecule has 0 bridgehead atoms. The van der Waals surface area contributed by atoms with Gasteiger partial charge in [-0.1, -0.05) is 18.2 Å². The van der Waals surface area contributed by atoms with Gasteiger partial charge in [0.15, 0.2) is 0 Å². The molecule has 0 radical (unpaired) electrons. The Kier molecular flexibility index (Phi) is 1.90.